The van der Waals surface area contributed by atoms with Crippen LogP contribution >= 0.6 is 0 Å². The first kappa shape index (κ1) is 12.7. The van der Waals surface area contributed by atoms with Crippen molar-refractivity contribution in [2.75, 3.05) is 5.73 Å². The minimum Gasteiger partial charge on any atom is -0.369 e. The Labute approximate surface area is 115 Å². The van der Waals surface area contributed by atoms with Crippen molar-refractivity contribution in [1.29, 1.82) is 0 Å². The average Bonchev–Trinajstić information content (AvgIpc) is 2.92. The van der Waals surface area contributed by atoms with Crippen LogP contribution in [0.4, 0.5) is 10.3 Å². The van der Waals surface area contributed by atoms with E-state index in [-0.39, 0.29) is 5.82 Å². The molecule has 0 atom stereocenters. The lowest BCUT2D eigenvalue weighted by atomic mass is 10.2. The van der Waals surface area contributed by atoms with Gasteiger partial charge >= 0.3 is 0 Å². The van der Waals surface area contributed by atoms with Crippen LogP contribution in [-0.4, -0.2) is 19.1 Å². The van der Waals surface area contributed by atoms with Crippen molar-refractivity contribution >= 4 is 17.0 Å². The van der Waals surface area contributed by atoms with E-state index in [2.05, 4.69) is 9.97 Å². The van der Waals surface area contributed by atoms with Gasteiger partial charge in [0.15, 0.2) is 0 Å². The molecular formula is C14H16FN5. The van der Waals surface area contributed by atoms with Crippen molar-refractivity contribution in [3.05, 3.63) is 41.7 Å². The molecule has 6 heteroatoms. The van der Waals surface area contributed by atoms with Crippen LogP contribution in [0.3, 0.4) is 0 Å². The van der Waals surface area contributed by atoms with Crippen molar-refractivity contribution in [3.63, 3.8) is 0 Å². The Morgan fingerprint density at radius 1 is 1.35 bits per heavy atom. The third kappa shape index (κ3) is 2.03. The Morgan fingerprint density at radius 2 is 2.15 bits per heavy atom. The largest absolute Gasteiger partial charge is 0.369 e. The monoisotopic (exact) mass is 273 g/mol. The van der Waals surface area contributed by atoms with Crippen LogP contribution in [0.1, 0.15) is 11.4 Å². The Kier molecular flexibility index (Phi) is 2.93. The molecule has 0 saturated carbocycles. The van der Waals surface area contributed by atoms with E-state index in [1.54, 1.807) is 19.2 Å². The Hall–Kier alpha value is -2.37. The van der Waals surface area contributed by atoms with Crippen LogP contribution in [0.2, 0.25) is 0 Å². The number of nitrogen functional groups attached to an aromatic ring is 1. The molecule has 0 radical (unpaired) electrons. The quantitative estimate of drug-likeness (QED) is 0.794. The Bertz CT molecular complexity index is 771. The van der Waals surface area contributed by atoms with E-state index in [0.717, 1.165) is 17.8 Å². The number of fused-ring (bicyclic) bond motifs is 1. The molecule has 2 N–H and O–H groups in total. The van der Waals surface area contributed by atoms with Gasteiger partial charge in [-0.2, -0.15) is 0 Å². The van der Waals surface area contributed by atoms with Crippen LogP contribution < -0.4 is 5.73 Å². The summed E-state index contributed by atoms with van der Waals surface area (Å²) in [6, 6.07) is 3.21. The molecule has 0 aliphatic heterocycles. The molecule has 3 aromatic rings. The minimum atomic E-state index is -0.258. The molecule has 1 aromatic carbocycles. The SMILES string of the molecule is Cc1cc2c(cc1F)nc(N)n2CCc1nccn1C. The summed E-state index contributed by atoms with van der Waals surface area (Å²) in [4.78, 5) is 8.50. The second-order valence-corrected chi connectivity index (χ2v) is 4.92. The number of benzene rings is 1. The highest BCUT2D eigenvalue weighted by molar-refractivity contribution is 5.79. The van der Waals surface area contributed by atoms with E-state index in [1.807, 2.05) is 22.4 Å². The number of halogens is 1. The fraction of sp³-hybridized carbons (Fsp3) is 0.286. The minimum absolute atomic E-state index is 0.258. The summed E-state index contributed by atoms with van der Waals surface area (Å²) in [5.41, 5.74) is 7.97. The van der Waals surface area contributed by atoms with Crippen molar-refractivity contribution in [3.8, 4) is 0 Å². The highest BCUT2D eigenvalue weighted by Crippen LogP contribution is 2.21. The van der Waals surface area contributed by atoms with Crippen molar-refractivity contribution in [2.45, 2.75) is 19.9 Å². The molecule has 0 amide bonds. The fourth-order valence-electron chi connectivity index (χ4n) is 2.35. The van der Waals surface area contributed by atoms with Crippen LogP contribution in [-0.2, 0) is 20.0 Å². The molecule has 0 spiro atoms. The maximum Gasteiger partial charge on any atom is 0.201 e. The lowest BCUT2D eigenvalue weighted by molar-refractivity contribution is 0.619. The van der Waals surface area contributed by atoms with Crippen LogP contribution in [0, 0.1) is 12.7 Å². The van der Waals surface area contributed by atoms with Gasteiger partial charge in [-0.05, 0) is 18.6 Å². The Balaban J connectivity index is 1.97. The molecule has 0 aliphatic carbocycles. The van der Waals surface area contributed by atoms with Gasteiger partial charge in [-0.15, -0.1) is 0 Å². The van der Waals surface area contributed by atoms with E-state index >= 15 is 0 Å². The summed E-state index contributed by atoms with van der Waals surface area (Å²) in [7, 11) is 1.96. The number of aryl methyl sites for hydroxylation is 4. The van der Waals surface area contributed by atoms with Crippen LogP contribution in [0.15, 0.2) is 24.5 Å². The molecule has 3 rings (SSSR count). The molecule has 20 heavy (non-hydrogen) atoms. The molecule has 5 nitrogen and oxygen atoms in total. The fourth-order valence-corrected chi connectivity index (χ4v) is 2.35. The van der Waals surface area contributed by atoms with Crippen LogP contribution in [0.25, 0.3) is 11.0 Å². The maximum absolute atomic E-state index is 13.5. The lowest BCUT2D eigenvalue weighted by Gasteiger charge is -2.07. The number of rotatable bonds is 3. The van der Waals surface area contributed by atoms with Gasteiger partial charge in [-0.1, -0.05) is 0 Å². The van der Waals surface area contributed by atoms with Crippen LogP contribution in [0.5, 0.6) is 0 Å². The summed E-state index contributed by atoms with van der Waals surface area (Å²) in [5, 5.41) is 0. The van der Waals surface area contributed by atoms with Crippen molar-refractivity contribution in [1.82, 2.24) is 19.1 Å². The Morgan fingerprint density at radius 3 is 2.85 bits per heavy atom. The van der Waals surface area contributed by atoms with Gasteiger partial charge in [-0.3, -0.25) is 0 Å². The van der Waals surface area contributed by atoms with Gasteiger partial charge in [0.1, 0.15) is 11.6 Å². The molecule has 2 heterocycles. The number of imidazole rings is 2. The van der Waals surface area contributed by atoms with Gasteiger partial charge in [0, 0.05) is 38.5 Å². The predicted octanol–water partition coefficient (Wildman–Crippen LogP) is 2.04. The third-order valence-corrected chi connectivity index (χ3v) is 3.54. The van der Waals surface area contributed by atoms with Crippen molar-refractivity contribution in [2.24, 2.45) is 7.05 Å². The second-order valence-electron chi connectivity index (χ2n) is 4.92. The topological polar surface area (TPSA) is 61.7 Å². The van der Waals surface area contributed by atoms with E-state index in [0.29, 0.717) is 23.6 Å². The first-order chi connectivity index (χ1) is 9.56. The summed E-state index contributed by atoms with van der Waals surface area (Å²) in [5.74, 6) is 1.12. The van der Waals surface area contributed by atoms with Gasteiger partial charge in [0.25, 0.3) is 0 Å². The zero-order chi connectivity index (χ0) is 14.3. The molecule has 0 saturated heterocycles. The number of hydrogen-bond donors (Lipinski definition) is 1. The summed E-state index contributed by atoms with van der Waals surface area (Å²) in [6.07, 6.45) is 4.42. The molecule has 0 bridgehead atoms. The van der Waals surface area contributed by atoms with Crippen molar-refractivity contribution < 1.29 is 4.39 Å². The number of anilines is 1. The molecule has 0 fully saturated rings. The van der Waals surface area contributed by atoms with E-state index in [9.17, 15) is 4.39 Å². The van der Waals surface area contributed by atoms with Gasteiger partial charge in [0.05, 0.1) is 11.0 Å². The smallest absolute Gasteiger partial charge is 0.201 e. The lowest BCUT2D eigenvalue weighted by Crippen LogP contribution is -2.08. The van der Waals surface area contributed by atoms with Gasteiger partial charge in [-0.25, -0.2) is 14.4 Å². The first-order valence-electron chi connectivity index (χ1n) is 6.44. The highest BCUT2D eigenvalue weighted by atomic mass is 19.1. The standard InChI is InChI=1S/C14H16FN5/c1-9-7-12-11(8-10(9)15)18-14(16)20(12)5-3-13-17-4-6-19(13)2/h4,6-8H,3,5H2,1-2H3,(H2,16,18). The zero-order valence-electron chi connectivity index (χ0n) is 11.5. The number of nitrogens with two attached hydrogens (primary N) is 1. The second kappa shape index (κ2) is 4.63. The van der Waals surface area contributed by atoms with Gasteiger partial charge < -0.3 is 14.9 Å². The van der Waals surface area contributed by atoms with Gasteiger partial charge in [0.2, 0.25) is 5.95 Å². The number of nitrogens with zero attached hydrogens (tertiary/aromatic N) is 4. The molecular weight excluding hydrogens is 257 g/mol. The summed E-state index contributed by atoms with van der Waals surface area (Å²) in [6.45, 7) is 2.40. The summed E-state index contributed by atoms with van der Waals surface area (Å²) >= 11 is 0. The van der Waals surface area contributed by atoms with E-state index in [1.165, 1.54) is 6.07 Å². The average molecular weight is 273 g/mol. The molecule has 0 unspecified atom stereocenters. The summed E-state index contributed by atoms with van der Waals surface area (Å²) < 4.78 is 17.4. The predicted molar refractivity (Wildman–Crippen MR) is 75.8 cm³/mol. The normalized spacial score (nSPS) is 11.3. The third-order valence-electron chi connectivity index (χ3n) is 3.54. The first-order valence-corrected chi connectivity index (χ1v) is 6.44. The highest BCUT2D eigenvalue weighted by Gasteiger charge is 2.11. The molecule has 2 aromatic heterocycles. The maximum atomic E-state index is 13.5. The van der Waals surface area contributed by atoms with E-state index in [4.69, 9.17) is 5.73 Å². The number of hydrogen-bond acceptors (Lipinski definition) is 3. The molecule has 104 valence electrons. The molecule has 0 aliphatic rings. The van der Waals surface area contributed by atoms with E-state index < -0.39 is 0 Å². The number of aromatic nitrogens is 4. The zero-order valence-corrected chi connectivity index (χ0v) is 11.5.